The lowest BCUT2D eigenvalue weighted by molar-refractivity contribution is 0.0961. The summed E-state index contributed by atoms with van der Waals surface area (Å²) in [6.45, 7) is 5.95. The third-order valence-electron chi connectivity index (χ3n) is 2.21. The Morgan fingerprint density at radius 1 is 1.61 bits per heavy atom. The molecule has 0 unspecified atom stereocenters. The van der Waals surface area contributed by atoms with E-state index in [2.05, 4.69) is 32.8 Å². The van der Waals surface area contributed by atoms with Gasteiger partial charge in [0.1, 0.15) is 9.88 Å². The highest BCUT2D eigenvalue weighted by Gasteiger charge is 2.15. The maximum atomic E-state index is 12.0. The van der Waals surface area contributed by atoms with Crippen LogP contribution in [0.1, 0.15) is 15.4 Å². The first-order valence-electron chi connectivity index (χ1n) is 5.19. The molecule has 0 atom stereocenters. The van der Waals surface area contributed by atoms with Crippen LogP contribution in [0.2, 0.25) is 0 Å². The molecular formula is C12H11BrN2OS2. The summed E-state index contributed by atoms with van der Waals surface area (Å²) < 4.78 is 0.746. The first kappa shape index (κ1) is 13.5. The number of hydrogen-bond acceptors (Lipinski definition) is 4. The summed E-state index contributed by atoms with van der Waals surface area (Å²) in [6.07, 6.45) is 0. The zero-order valence-corrected chi connectivity index (χ0v) is 12.9. The summed E-state index contributed by atoms with van der Waals surface area (Å²) >= 11 is 6.25. The highest BCUT2D eigenvalue weighted by molar-refractivity contribution is 9.11. The van der Waals surface area contributed by atoms with Gasteiger partial charge in [-0.25, -0.2) is 4.98 Å². The number of hydrogen-bond donors (Lipinski definition) is 1. The second-order valence-corrected chi connectivity index (χ2v) is 6.55. The van der Waals surface area contributed by atoms with Crippen molar-refractivity contribution in [1.29, 1.82) is 0 Å². The fraction of sp³-hybridized carbons (Fsp3) is 0.167. The lowest BCUT2D eigenvalue weighted by atomic mass is 10.3. The second kappa shape index (κ2) is 5.77. The van der Waals surface area contributed by atoms with Gasteiger partial charge in [0.2, 0.25) is 0 Å². The number of rotatable bonds is 4. The zero-order chi connectivity index (χ0) is 13.1. The topological polar surface area (TPSA) is 42.0 Å². The van der Waals surface area contributed by atoms with Crippen LogP contribution in [0, 0.1) is 6.92 Å². The van der Waals surface area contributed by atoms with Crippen molar-refractivity contribution in [2.45, 2.75) is 6.92 Å². The van der Waals surface area contributed by atoms with Crippen LogP contribution in [0.3, 0.4) is 0 Å². The molecule has 6 heteroatoms. The fourth-order valence-electron chi connectivity index (χ4n) is 1.37. The predicted octanol–water partition coefficient (Wildman–Crippen LogP) is 3.82. The largest absolute Gasteiger partial charge is 0.347 e. The first-order chi connectivity index (χ1) is 8.58. The highest BCUT2D eigenvalue weighted by atomic mass is 79.9. The summed E-state index contributed by atoms with van der Waals surface area (Å²) in [5.74, 6) is -0.105. The smallest absolute Gasteiger partial charge is 0.263 e. The van der Waals surface area contributed by atoms with Gasteiger partial charge in [-0.3, -0.25) is 4.79 Å². The molecule has 1 amide bonds. The number of carbonyl (C=O) groups is 1. The molecule has 0 bridgehead atoms. The van der Waals surface area contributed by atoms with Crippen LogP contribution in [0.4, 0.5) is 0 Å². The molecule has 1 N–H and O–H groups in total. The molecule has 2 rings (SSSR count). The number of halogens is 1. The summed E-state index contributed by atoms with van der Waals surface area (Å²) in [5.41, 5.74) is 1.83. The molecule has 0 radical (unpaired) electrons. The van der Waals surface area contributed by atoms with E-state index in [0.29, 0.717) is 11.4 Å². The maximum absolute atomic E-state index is 12.0. The van der Waals surface area contributed by atoms with E-state index in [0.717, 1.165) is 20.7 Å². The molecule has 0 aliphatic rings. The van der Waals surface area contributed by atoms with Crippen molar-refractivity contribution in [3.63, 3.8) is 0 Å². The predicted molar refractivity (Wildman–Crippen MR) is 80.6 cm³/mol. The van der Waals surface area contributed by atoms with Gasteiger partial charge in [0.05, 0.1) is 5.69 Å². The minimum absolute atomic E-state index is 0.105. The van der Waals surface area contributed by atoms with E-state index in [1.54, 1.807) is 11.3 Å². The van der Waals surface area contributed by atoms with Crippen LogP contribution in [-0.4, -0.2) is 17.4 Å². The molecule has 3 nitrogen and oxygen atoms in total. The minimum Gasteiger partial charge on any atom is -0.347 e. The molecule has 2 aromatic heterocycles. The highest BCUT2D eigenvalue weighted by Crippen LogP contribution is 2.29. The number of amides is 1. The summed E-state index contributed by atoms with van der Waals surface area (Å²) in [6, 6.07) is 2.00. The molecule has 18 heavy (non-hydrogen) atoms. The molecule has 0 spiro atoms. The van der Waals surface area contributed by atoms with E-state index < -0.39 is 0 Å². The number of nitrogens with one attached hydrogen (secondary N) is 1. The van der Waals surface area contributed by atoms with Crippen LogP contribution in [-0.2, 0) is 0 Å². The van der Waals surface area contributed by atoms with Gasteiger partial charge in [0.25, 0.3) is 5.91 Å². The Morgan fingerprint density at radius 2 is 2.39 bits per heavy atom. The van der Waals surface area contributed by atoms with Crippen molar-refractivity contribution in [3.05, 3.63) is 38.5 Å². The van der Waals surface area contributed by atoms with E-state index in [1.165, 1.54) is 11.3 Å². The maximum Gasteiger partial charge on any atom is 0.263 e. The number of nitrogens with zero attached hydrogens (tertiary/aromatic N) is 1. The van der Waals surface area contributed by atoms with Crippen molar-refractivity contribution in [1.82, 2.24) is 10.3 Å². The minimum atomic E-state index is -0.105. The third-order valence-corrected chi connectivity index (χ3v) is 4.38. The van der Waals surface area contributed by atoms with Crippen LogP contribution in [0.15, 0.2) is 27.9 Å². The van der Waals surface area contributed by atoms with Gasteiger partial charge in [-0.15, -0.1) is 11.3 Å². The number of thiophene rings is 1. The molecule has 0 fully saturated rings. The lowest BCUT2D eigenvalue weighted by Crippen LogP contribution is -2.24. The van der Waals surface area contributed by atoms with Gasteiger partial charge in [-0.05, 0) is 18.4 Å². The van der Waals surface area contributed by atoms with Crippen molar-refractivity contribution in [2.75, 3.05) is 6.54 Å². The van der Waals surface area contributed by atoms with Gasteiger partial charge < -0.3 is 5.32 Å². The van der Waals surface area contributed by atoms with Crippen LogP contribution >= 0.6 is 38.6 Å². The molecule has 2 aromatic rings. The third kappa shape index (κ3) is 3.07. The SMILES string of the molecule is C=C(Br)CNC(=O)c1sc(-c2ccsc2)nc1C. The Hall–Kier alpha value is -0.980. The van der Waals surface area contributed by atoms with Crippen molar-refractivity contribution in [3.8, 4) is 10.6 Å². The average molecular weight is 343 g/mol. The molecule has 0 aliphatic carbocycles. The van der Waals surface area contributed by atoms with Crippen LogP contribution in [0.5, 0.6) is 0 Å². The fourth-order valence-corrected chi connectivity index (χ4v) is 3.21. The number of aryl methyl sites for hydroxylation is 1. The zero-order valence-electron chi connectivity index (χ0n) is 9.70. The number of carbonyl (C=O) groups excluding carboxylic acids is 1. The molecule has 2 heterocycles. The van der Waals surface area contributed by atoms with E-state index in [-0.39, 0.29) is 5.91 Å². The number of thiazole rings is 1. The van der Waals surface area contributed by atoms with Crippen molar-refractivity contribution < 1.29 is 4.79 Å². The summed E-state index contributed by atoms with van der Waals surface area (Å²) in [5, 5.41) is 7.70. The standard InChI is InChI=1S/C12H11BrN2OS2/c1-7(13)5-14-11(16)10-8(2)15-12(18-10)9-3-4-17-6-9/h3-4,6H,1,5H2,2H3,(H,14,16). The first-order valence-corrected chi connectivity index (χ1v) is 7.74. The van der Waals surface area contributed by atoms with E-state index >= 15 is 0 Å². The van der Waals surface area contributed by atoms with Crippen molar-refractivity contribution >= 4 is 44.5 Å². The Kier molecular flexibility index (Phi) is 4.31. The molecular weight excluding hydrogens is 332 g/mol. The van der Waals surface area contributed by atoms with Gasteiger partial charge in [0.15, 0.2) is 0 Å². The van der Waals surface area contributed by atoms with Gasteiger partial charge in [-0.1, -0.05) is 22.5 Å². The van der Waals surface area contributed by atoms with Crippen molar-refractivity contribution in [2.24, 2.45) is 0 Å². The quantitative estimate of drug-likeness (QED) is 0.917. The number of aromatic nitrogens is 1. The average Bonchev–Trinajstić information content (AvgIpc) is 2.94. The second-order valence-electron chi connectivity index (χ2n) is 3.65. The molecule has 0 aromatic carbocycles. The van der Waals surface area contributed by atoms with Gasteiger partial charge >= 0.3 is 0 Å². The van der Waals surface area contributed by atoms with Gasteiger partial charge in [-0.2, -0.15) is 11.3 Å². The Labute approximate surface area is 122 Å². The molecule has 0 aliphatic heterocycles. The van der Waals surface area contributed by atoms with Gasteiger partial charge in [0, 0.05) is 22.0 Å². The van der Waals surface area contributed by atoms with E-state index in [4.69, 9.17) is 0 Å². The summed E-state index contributed by atoms with van der Waals surface area (Å²) in [7, 11) is 0. The van der Waals surface area contributed by atoms with E-state index in [9.17, 15) is 4.79 Å². The Morgan fingerprint density at radius 3 is 3.00 bits per heavy atom. The summed E-state index contributed by atoms with van der Waals surface area (Å²) in [4.78, 5) is 17.0. The monoisotopic (exact) mass is 342 g/mol. The Balaban J connectivity index is 2.19. The normalized spacial score (nSPS) is 10.3. The van der Waals surface area contributed by atoms with E-state index in [1.807, 2.05) is 23.8 Å². The van der Waals surface area contributed by atoms with Crippen LogP contribution < -0.4 is 5.32 Å². The Bertz CT molecular complexity index is 575. The molecule has 0 saturated carbocycles. The molecule has 94 valence electrons. The van der Waals surface area contributed by atoms with Crippen LogP contribution in [0.25, 0.3) is 10.6 Å². The lowest BCUT2D eigenvalue weighted by Gasteiger charge is -2.01. The molecule has 0 saturated heterocycles.